The molecule has 1 heterocycles. The van der Waals surface area contributed by atoms with Crippen LogP contribution in [0.5, 0.6) is 0 Å². The van der Waals surface area contributed by atoms with Crippen molar-refractivity contribution >= 4 is 21.8 Å². The van der Waals surface area contributed by atoms with Gasteiger partial charge in [0, 0.05) is 31.7 Å². The molecule has 1 fully saturated rings. The fourth-order valence-electron chi connectivity index (χ4n) is 4.67. The Labute approximate surface area is 195 Å². The third kappa shape index (κ3) is 5.28. The quantitative estimate of drug-likeness (QED) is 0.729. The SMILES string of the molecule is Cc1cc(C)cc(C(=O)NCC(=O)N2CCN(S(=O)(=O)c3ccc4c(c3)CCCC4)CC2)c1. The molecule has 1 saturated heterocycles. The molecule has 0 atom stereocenters. The molecule has 0 bridgehead atoms. The fourth-order valence-corrected chi connectivity index (χ4v) is 6.15. The van der Waals surface area contributed by atoms with E-state index in [1.165, 1.54) is 9.87 Å². The lowest BCUT2D eigenvalue weighted by Gasteiger charge is -2.34. The highest BCUT2D eigenvalue weighted by atomic mass is 32.2. The Morgan fingerprint density at radius 3 is 2.18 bits per heavy atom. The minimum Gasteiger partial charge on any atom is -0.343 e. The zero-order valence-electron chi connectivity index (χ0n) is 19.3. The summed E-state index contributed by atoms with van der Waals surface area (Å²) in [7, 11) is -3.59. The molecule has 176 valence electrons. The van der Waals surface area contributed by atoms with Crippen LogP contribution in [0.2, 0.25) is 0 Å². The Balaban J connectivity index is 1.32. The zero-order valence-corrected chi connectivity index (χ0v) is 20.1. The van der Waals surface area contributed by atoms with E-state index in [1.54, 1.807) is 23.1 Å². The Bertz CT molecular complexity index is 1150. The number of hydrogen-bond acceptors (Lipinski definition) is 4. The molecular formula is C25H31N3O4S. The van der Waals surface area contributed by atoms with Gasteiger partial charge in [0.05, 0.1) is 11.4 Å². The van der Waals surface area contributed by atoms with Crippen LogP contribution in [-0.4, -0.2) is 62.2 Å². The lowest BCUT2D eigenvalue weighted by atomic mass is 9.92. The molecule has 8 heteroatoms. The van der Waals surface area contributed by atoms with Crippen LogP contribution >= 0.6 is 0 Å². The van der Waals surface area contributed by atoms with Gasteiger partial charge in [-0.05, 0) is 74.9 Å². The average molecular weight is 470 g/mol. The van der Waals surface area contributed by atoms with E-state index in [0.29, 0.717) is 23.5 Å². The number of nitrogens with one attached hydrogen (secondary N) is 1. The summed E-state index contributed by atoms with van der Waals surface area (Å²) in [6.07, 6.45) is 4.18. The molecule has 0 saturated carbocycles. The van der Waals surface area contributed by atoms with E-state index in [-0.39, 0.29) is 31.4 Å². The Morgan fingerprint density at radius 1 is 0.879 bits per heavy atom. The zero-order chi connectivity index (χ0) is 23.6. The van der Waals surface area contributed by atoms with Gasteiger partial charge in [-0.2, -0.15) is 4.31 Å². The number of nitrogens with zero attached hydrogens (tertiary/aromatic N) is 2. The molecule has 0 aromatic heterocycles. The summed E-state index contributed by atoms with van der Waals surface area (Å²) < 4.78 is 27.7. The third-order valence-electron chi connectivity index (χ3n) is 6.43. The molecule has 1 N–H and O–H groups in total. The summed E-state index contributed by atoms with van der Waals surface area (Å²) in [5.74, 6) is -0.498. The van der Waals surface area contributed by atoms with Crippen LogP contribution in [0.3, 0.4) is 0 Å². The number of fused-ring (bicyclic) bond motifs is 1. The van der Waals surface area contributed by atoms with E-state index in [9.17, 15) is 18.0 Å². The molecule has 2 aromatic rings. The number of carbonyl (C=O) groups is 2. The molecule has 4 rings (SSSR count). The smallest absolute Gasteiger partial charge is 0.251 e. The van der Waals surface area contributed by atoms with Gasteiger partial charge < -0.3 is 10.2 Å². The minimum atomic E-state index is -3.59. The molecule has 1 aliphatic heterocycles. The van der Waals surface area contributed by atoms with Crippen molar-refractivity contribution in [1.82, 2.24) is 14.5 Å². The van der Waals surface area contributed by atoms with Crippen molar-refractivity contribution < 1.29 is 18.0 Å². The number of benzene rings is 2. The van der Waals surface area contributed by atoms with Crippen molar-refractivity contribution in [2.45, 2.75) is 44.4 Å². The van der Waals surface area contributed by atoms with Gasteiger partial charge in [0.1, 0.15) is 0 Å². The van der Waals surface area contributed by atoms with Crippen LogP contribution in [0.15, 0.2) is 41.3 Å². The third-order valence-corrected chi connectivity index (χ3v) is 8.33. The molecule has 0 unspecified atom stereocenters. The second-order valence-electron chi connectivity index (χ2n) is 8.98. The van der Waals surface area contributed by atoms with Crippen molar-refractivity contribution in [3.63, 3.8) is 0 Å². The van der Waals surface area contributed by atoms with Gasteiger partial charge in [-0.1, -0.05) is 23.3 Å². The maximum absolute atomic E-state index is 13.1. The highest BCUT2D eigenvalue weighted by Gasteiger charge is 2.30. The summed E-state index contributed by atoms with van der Waals surface area (Å²) in [6.45, 7) is 4.85. The van der Waals surface area contributed by atoms with Crippen LogP contribution in [0.4, 0.5) is 0 Å². The van der Waals surface area contributed by atoms with Gasteiger partial charge >= 0.3 is 0 Å². The van der Waals surface area contributed by atoms with Gasteiger partial charge in [-0.3, -0.25) is 9.59 Å². The summed E-state index contributed by atoms with van der Waals surface area (Å²) in [5, 5.41) is 2.68. The minimum absolute atomic E-state index is 0.108. The average Bonchev–Trinajstić information content (AvgIpc) is 2.81. The van der Waals surface area contributed by atoms with Crippen LogP contribution in [-0.2, 0) is 27.7 Å². The number of aryl methyl sites for hydroxylation is 4. The molecule has 2 amide bonds. The second-order valence-corrected chi connectivity index (χ2v) is 10.9. The molecule has 0 spiro atoms. The van der Waals surface area contributed by atoms with Gasteiger partial charge in [0.25, 0.3) is 5.91 Å². The lowest BCUT2D eigenvalue weighted by molar-refractivity contribution is -0.131. The maximum atomic E-state index is 13.1. The first-order valence-electron chi connectivity index (χ1n) is 11.5. The second kappa shape index (κ2) is 9.65. The number of amides is 2. The van der Waals surface area contributed by atoms with Crippen molar-refractivity contribution in [3.8, 4) is 0 Å². The van der Waals surface area contributed by atoms with Gasteiger partial charge in [0.2, 0.25) is 15.9 Å². The molecule has 7 nitrogen and oxygen atoms in total. The topological polar surface area (TPSA) is 86.8 Å². The Kier molecular flexibility index (Phi) is 6.86. The standard InChI is InChI=1S/C25H31N3O4S/c1-18-13-19(2)15-22(14-18)25(30)26-17-24(29)27-9-11-28(12-10-27)33(31,32)23-8-7-20-5-3-4-6-21(20)16-23/h7-8,13-16H,3-6,9-12,17H2,1-2H3,(H,26,30). The lowest BCUT2D eigenvalue weighted by Crippen LogP contribution is -2.52. The van der Waals surface area contributed by atoms with Crippen molar-refractivity contribution in [3.05, 3.63) is 64.2 Å². The van der Waals surface area contributed by atoms with Crippen LogP contribution in [0.25, 0.3) is 0 Å². The van der Waals surface area contributed by atoms with E-state index in [0.717, 1.165) is 42.4 Å². The van der Waals surface area contributed by atoms with E-state index in [2.05, 4.69) is 5.32 Å². The maximum Gasteiger partial charge on any atom is 0.251 e. The summed E-state index contributed by atoms with van der Waals surface area (Å²) in [4.78, 5) is 27.0. The number of piperazine rings is 1. The first kappa shape index (κ1) is 23.4. The van der Waals surface area contributed by atoms with Gasteiger partial charge in [-0.25, -0.2) is 8.42 Å². The number of rotatable bonds is 5. The van der Waals surface area contributed by atoms with Crippen LogP contribution in [0.1, 0.15) is 45.5 Å². The number of sulfonamides is 1. The normalized spacial score (nSPS) is 16.8. The van der Waals surface area contributed by atoms with Crippen molar-refractivity contribution in [2.24, 2.45) is 0 Å². The van der Waals surface area contributed by atoms with E-state index >= 15 is 0 Å². The summed E-state index contributed by atoms with van der Waals surface area (Å²) in [5.41, 5.74) is 4.89. The predicted octanol–water partition coefficient (Wildman–Crippen LogP) is 2.45. The molecule has 33 heavy (non-hydrogen) atoms. The monoisotopic (exact) mass is 469 g/mol. The van der Waals surface area contributed by atoms with E-state index < -0.39 is 10.0 Å². The number of carbonyl (C=O) groups excluding carboxylic acids is 2. The summed E-state index contributed by atoms with van der Waals surface area (Å²) in [6, 6.07) is 11.0. The molecule has 0 radical (unpaired) electrons. The largest absolute Gasteiger partial charge is 0.343 e. The van der Waals surface area contributed by atoms with E-state index in [1.807, 2.05) is 32.0 Å². The molecule has 1 aliphatic carbocycles. The van der Waals surface area contributed by atoms with Crippen molar-refractivity contribution in [2.75, 3.05) is 32.7 Å². The first-order valence-corrected chi connectivity index (χ1v) is 12.9. The predicted molar refractivity (Wildman–Crippen MR) is 127 cm³/mol. The fraction of sp³-hybridized carbons (Fsp3) is 0.440. The Hall–Kier alpha value is -2.71. The highest BCUT2D eigenvalue weighted by Crippen LogP contribution is 2.26. The number of hydrogen-bond donors (Lipinski definition) is 1. The molecule has 2 aliphatic rings. The van der Waals surface area contributed by atoms with Gasteiger partial charge in [0.15, 0.2) is 0 Å². The van der Waals surface area contributed by atoms with Crippen LogP contribution < -0.4 is 5.32 Å². The molecular weight excluding hydrogens is 438 g/mol. The summed E-state index contributed by atoms with van der Waals surface area (Å²) >= 11 is 0. The Morgan fingerprint density at radius 2 is 1.52 bits per heavy atom. The van der Waals surface area contributed by atoms with Crippen molar-refractivity contribution in [1.29, 1.82) is 0 Å². The molecule has 2 aromatic carbocycles. The first-order chi connectivity index (χ1) is 15.7. The van der Waals surface area contributed by atoms with Gasteiger partial charge in [-0.15, -0.1) is 0 Å². The highest BCUT2D eigenvalue weighted by molar-refractivity contribution is 7.89. The van der Waals surface area contributed by atoms with E-state index in [4.69, 9.17) is 0 Å². The van der Waals surface area contributed by atoms with Crippen LogP contribution in [0, 0.1) is 13.8 Å².